The van der Waals surface area contributed by atoms with Crippen LogP contribution in [0.25, 0.3) is 22.3 Å². The Labute approximate surface area is 183 Å². The maximum atomic E-state index is 12.9. The number of rotatable bonds is 5. The van der Waals surface area contributed by atoms with E-state index in [9.17, 15) is 14.4 Å². The molecule has 0 atom stereocenters. The van der Waals surface area contributed by atoms with Crippen molar-refractivity contribution in [3.63, 3.8) is 0 Å². The highest BCUT2D eigenvalue weighted by Crippen LogP contribution is 2.27. The number of esters is 1. The van der Waals surface area contributed by atoms with Crippen molar-refractivity contribution in [1.82, 2.24) is 20.1 Å². The summed E-state index contributed by atoms with van der Waals surface area (Å²) < 4.78 is 6.82. The summed E-state index contributed by atoms with van der Waals surface area (Å²) in [4.78, 5) is 41.8. The number of pyridine rings is 1. The molecule has 8 nitrogen and oxygen atoms in total. The molecule has 0 radical (unpaired) electrons. The molecule has 160 valence electrons. The summed E-state index contributed by atoms with van der Waals surface area (Å²) in [7, 11) is 1.74. The topological polar surface area (TPSA) is 103 Å². The number of hydrogen-bond donors (Lipinski definition) is 1. The molecular weight excluding hydrogens is 408 g/mol. The van der Waals surface area contributed by atoms with E-state index in [4.69, 9.17) is 4.74 Å². The van der Waals surface area contributed by atoms with Crippen LogP contribution in [0.5, 0.6) is 0 Å². The number of carbonyl (C=O) groups excluding carboxylic acids is 3. The lowest BCUT2D eigenvalue weighted by Gasteiger charge is -2.09. The number of nitrogens with one attached hydrogen (secondary N) is 1. The van der Waals surface area contributed by atoms with Gasteiger partial charge in [0.05, 0.1) is 22.3 Å². The smallest absolute Gasteiger partial charge is 0.339 e. The summed E-state index contributed by atoms with van der Waals surface area (Å²) in [6.45, 7) is 1.18. The first kappa shape index (κ1) is 20.9. The lowest BCUT2D eigenvalue weighted by atomic mass is 10.1. The van der Waals surface area contributed by atoms with E-state index in [2.05, 4.69) is 15.4 Å². The monoisotopic (exact) mass is 428 g/mol. The van der Waals surface area contributed by atoms with E-state index in [1.165, 1.54) is 0 Å². The Balaban J connectivity index is 1.56. The summed E-state index contributed by atoms with van der Waals surface area (Å²) in [5.41, 5.74) is 3.14. The molecule has 8 heteroatoms. The van der Waals surface area contributed by atoms with Gasteiger partial charge in [0.25, 0.3) is 11.8 Å². The maximum Gasteiger partial charge on any atom is 0.339 e. The van der Waals surface area contributed by atoms with Crippen LogP contribution in [-0.4, -0.2) is 39.2 Å². The number of carbonyl (C=O) groups is 3. The van der Waals surface area contributed by atoms with Crippen LogP contribution in [0, 0.1) is 6.92 Å². The fourth-order valence-corrected chi connectivity index (χ4v) is 3.40. The number of nitrogens with zero attached hydrogens (tertiary/aromatic N) is 3. The summed E-state index contributed by atoms with van der Waals surface area (Å²) in [5.74, 6) is -1.98. The normalized spacial score (nSPS) is 10.7. The Morgan fingerprint density at radius 2 is 1.66 bits per heavy atom. The molecule has 2 amide bonds. The van der Waals surface area contributed by atoms with Gasteiger partial charge in [-0.05, 0) is 25.1 Å². The van der Waals surface area contributed by atoms with E-state index in [0.717, 1.165) is 5.56 Å². The number of benzene rings is 2. The van der Waals surface area contributed by atoms with Crippen molar-refractivity contribution in [1.29, 1.82) is 0 Å². The molecular formula is C24H20N4O4. The minimum atomic E-state index is -0.719. The Hall–Kier alpha value is -4.33. The van der Waals surface area contributed by atoms with Gasteiger partial charge in [-0.25, -0.2) is 9.78 Å². The van der Waals surface area contributed by atoms with Gasteiger partial charge in [-0.15, -0.1) is 0 Å². The van der Waals surface area contributed by atoms with E-state index in [0.29, 0.717) is 28.0 Å². The van der Waals surface area contributed by atoms with Crippen molar-refractivity contribution in [2.45, 2.75) is 6.92 Å². The molecule has 0 aliphatic carbocycles. The molecule has 1 N–H and O–H groups in total. The van der Waals surface area contributed by atoms with Gasteiger partial charge < -0.3 is 4.74 Å². The Morgan fingerprint density at radius 3 is 2.34 bits per heavy atom. The number of ether oxygens (including phenoxy) is 1. The van der Waals surface area contributed by atoms with Gasteiger partial charge in [0.2, 0.25) is 0 Å². The fraction of sp³-hybridized carbons (Fsp3) is 0.125. The van der Waals surface area contributed by atoms with Gasteiger partial charge in [0.1, 0.15) is 0 Å². The first-order chi connectivity index (χ1) is 15.4. The van der Waals surface area contributed by atoms with E-state index in [1.54, 1.807) is 55.1 Å². The average molecular weight is 428 g/mol. The molecule has 2 heterocycles. The van der Waals surface area contributed by atoms with Gasteiger partial charge in [-0.2, -0.15) is 5.10 Å². The third-order valence-corrected chi connectivity index (χ3v) is 4.88. The second-order valence-electron chi connectivity index (χ2n) is 7.15. The molecule has 2 aromatic heterocycles. The summed E-state index contributed by atoms with van der Waals surface area (Å²) >= 11 is 0. The highest BCUT2D eigenvalue weighted by atomic mass is 16.5. The van der Waals surface area contributed by atoms with Crippen molar-refractivity contribution < 1.29 is 19.1 Å². The van der Waals surface area contributed by atoms with E-state index in [1.807, 2.05) is 30.3 Å². The van der Waals surface area contributed by atoms with Crippen molar-refractivity contribution in [2.75, 3.05) is 6.61 Å². The second-order valence-corrected chi connectivity index (χ2v) is 7.15. The minimum absolute atomic E-state index is 0.252. The molecule has 32 heavy (non-hydrogen) atoms. The molecule has 0 unspecified atom stereocenters. The largest absolute Gasteiger partial charge is 0.452 e. The third kappa shape index (κ3) is 4.24. The van der Waals surface area contributed by atoms with E-state index in [-0.39, 0.29) is 5.56 Å². The zero-order valence-corrected chi connectivity index (χ0v) is 17.5. The van der Waals surface area contributed by atoms with Crippen molar-refractivity contribution in [3.8, 4) is 11.3 Å². The molecule has 2 aromatic carbocycles. The number of imide groups is 1. The van der Waals surface area contributed by atoms with Crippen LogP contribution < -0.4 is 5.32 Å². The number of hydrogen-bond acceptors (Lipinski definition) is 6. The molecule has 0 aliphatic heterocycles. The van der Waals surface area contributed by atoms with Crippen LogP contribution in [0.15, 0.2) is 66.7 Å². The van der Waals surface area contributed by atoms with Crippen molar-refractivity contribution >= 4 is 28.8 Å². The highest BCUT2D eigenvalue weighted by Gasteiger charge is 2.21. The van der Waals surface area contributed by atoms with E-state index < -0.39 is 24.4 Å². The average Bonchev–Trinajstić information content (AvgIpc) is 3.11. The quantitative estimate of drug-likeness (QED) is 0.490. The van der Waals surface area contributed by atoms with Crippen LogP contribution in [0.1, 0.15) is 26.4 Å². The molecule has 0 saturated carbocycles. The Morgan fingerprint density at radius 1 is 1.00 bits per heavy atom. The van der Waals surface area contributed by atoms with Gasteiger partial charge in [0, 0.05) is 18.2 Å². The zero-order chi connectivity index (χ0) is 22.7. The van der Waals surface area contributed by atoms with E-state index >= 15 is 0 Å². The highest BCUT2D eigenvalue weighted by molar-refractivity contribution is 6.07. The number of aromatic nitrogens is 3. The molecule has 0 fully saturated rings. The summed E-state index contributed by atoms with van der Waals surface area (Å²) in [6, 6.07) is 19.3. The molecule has 0 bridgehead atoms. The zero-order valence-electron chi connectivity index (χ0n) is 17.5. The van der Waals surface area contributed by atoms with Crippen LogP contribution in [0.3, 0.4) is 0 Å². The Kier molecular flexibility index (Phi) is 5.76. The SMILES string of the molecule is Cc1nn(C)c2nc(-c3ccccc3)cc(C(=O)OCC(=O)NC(=O)c3ccccc3)c12. The van der Waals surface area contributed by atoms with Crippen LogP contribution >= 0.6 is 0 Å². The predicted octanol–water partition coefficient (Wildman–Crippen LogP) is 3.06. The second kappa shape index (κ2) is 8.81. The van der Waals surface area contributed by atoms with Gasteiger partial charge in [-0.1, -0.05) is 48.5 Å². The van der Waals surface area contributed by atoms with Gasteiger partial charge in [0.15, 0.2) is 12.3 Å². The minimum Gasteiger partial charge on any atom is -0.452 e. The van der Waals surface area contributed by atoms with Gasteiger partial charge >= 0.3 is 5.97 Å². The van der Waals surface area contributed by atoms with Gasteiger partial charge in [-0.3, -0.25) is 19.6 Å². The predicted molar refractivity (Wildman–Crippen MR) is 118 cm³/mol. The first-order valence-electron chi connectivity index (χ1n) is 9.90. The molecule has 4 aromatic rings. The summed E-state index contributed by atoms with van der Waals surface area (Å²) in [6.07, 6.45) is 0. The first-order valence-corrected chi connectivity index (χ1v) is 9.90. The molecule has 0 saturated heterocycles. The molecule has 0 aliphatic rings. The maximum absolute atomic E-state index is 12.9. The Bertz CT molecular complexity index is 1310. The standard InChI is InChI=1S/C24H20N4O4/c1-15-21-18(13-19(16-9-5-3-6-10-16)25-22(21)28(2)27-15)24(31)32-14-20(29)26-23(30)17-11-7-4-8-12-17/h3-13H,14H2,1-2H3,(H,26,29,30). The van der Waals surface area contributed by atoms with Crippen LogP contribution in [0.2, 0.25) is 0 Å². The summed E-state index contributed by atoms with van der Waals surface area (Å²) in [5, 5.41) is 7.12. The molecule has 4 rings (SSSR count). The lowest BCUT2D eigenvalue weighted by molar-refractivity contribution is -0.123. The van der Waals surface area contributed by atoms with Crippen molar-refractivity contribution in [2.24, 2.45) is 7.05 Å². The van der Waals surface area contributed by atoms with Crippen LogP contribution in [0.4, 0.5) is 0 Å². The number of aryl methyl sites for hydroxylation is 2. The third-order valence-electron chi connectivity index (χ3n) is 4.88. The number of fused-ring (bicyclic) bond motifs is 1. The molecule has 0 spiro atoms. The van der Waals surface area contributed by atoms with Crippen LogP contribution in [-0.2, 0) is 16.6 Å². The van der Waals surface area contributed by atoms with Crippen molar-refractivity contribution in [3.05, 3.63) is 83.6 Å². The fourth-order valence-electron chi connectivity index (χ4n) is 3.40. The number of amides is 2. The lowest BCUT2D eigenvalue weighted by Crippen LogP contribution is -2.34.